The van der Waals surface area contributed by atoms with E-state index in [0.717, 1.165) is 0 Å². The second-order valence-electron chi connectivity index (χ2n) is 5.82. The number of carbonyl (C=O) groups is 3. The van der Waals surface area contributed by atoms with Gasteiger partial charge in [0, 0.05) is 25.7 Å². The Balaban J connectivity index is 2.59. The van der Waals surface area contributed by atoms with Crippen molar-refractivity contribution in [2.24, 2.45) is 10.9 Å². The number of hydrogen-bond donors (Lipinski definition) is 0. The third kappa shape index (κ3) is 5.93. The number of likely N-dealkylation sites (tertiary alicyclic amines) is 1. The van der Waals surface area contributed by atoms with Crippen LogP contribution < -0.4 is 0 Å². The van der Waals surface area contributed by atoms with Crippen LogP contribution in [0.1, 0.15) is 27.2 Å². The number of hydrogen-bond acceptors (Lipinski definition) is 6. The predicted octanol–water partition coefficient (Wildman–Crippen LogP) is 1.06. The molecule has 21 heavy (non-hydrogen) atoms. The molecule has 0 saturated carbocycles. The maximum atomic E-state index is 12.0. The number of methoxy groups -OCH3 is 1. The van der Waals surface area contributed by atoms with Crippen molar-refractivity contribution in [3.63, 3.8) is 0 Å². The molecule has 1 fully saturated rings. The molecule has 1 saturated heterocycles. The molecule has 0 spiro atoms. The van der Waals surface area contributed by atoms with Crippen LogP contribution in [0, 0.1) is 5.92 Å². The van der Waals surface area contributed by atoms with Gasteiger partial charge in [-0.1, -0.05) is 0 Å². The van der Waals surface area contributed by atoms with Crippen LogP contribution in [0.4, 0.5) is 4.79 Å². The van der Waals surface area contributed by atoms with E-state index in [4.69, 9.17) is 4.74 Å². The Kier molecular flexibility index (Phi) is 5.87. The molecule has 0 N–H and O–H groups in total. The molecular formula is C14H22N2O5. The van der Waals surface area contributed by atoms with E-state index in [9.17, 15) is 14.4 Å². The summed E-state index contributed by atoms with van der Waals surface area (Å²) in [7, 11) is 1.27. The van der Waals surface area contributed by atoms with Crippen molar-refractivity contribution in [1.29, 1.82) is 0 Å². The average molecular weight is 298 g/mol. The largest absolute Gasteiger partial charge is 0.468 e. The van der Waals surface area contributed by atoms with E-state index in [1.165, 1.54) is 18.2 Å². The third-order valence-electron chi connectivity index (χ3n) is 2.84. The summed E-state index contributed by atoms with van der Waals surface area (Å²) in [6, 6.07) is 0. The molecule has 0 bridgehead atoms. The van der Waals surface area contributed by atoms with Crippen molar-refractivity contribution in [3.05, 3.63) is 0 Å². The molecule has 7 nitrogen and oxygen atoms in total. The molecule has 1 aliphatic rings. The van der Waals surface area contributed by atoms with Crippen molar-refractivity contribution < 1.29 is 23.9 Å². The minimum Gasteiger partial charge on any atom is -0.468 e. The maximum absolute atomic E-state index is 12.0. The molecule has 0 aromatic heterocycles. The van der Waals surface area contributed by atoms with Gasteiger partial charge in [0.15, 0.2) is 0 Å². The van der Waals surface area contributed by atoms with Crippen LogP contribution in [0.2, 0.25) is 0 Å². The fraction of sp³-hybridized carbons (Fsp3) is 0.714. The van der Waals surface area contributed by atoms with Crippen LogP contribution in [-0.4, -0.2) is 61.3 Å². The fourth-order valence-electron chi connectivity index (χ4n) is 1.80. The van der Waals surface area contributed by atoms with Gasteiger partial charge in [-0.15, -0.1) is 0 Å². The van der Waals surface area contributed by atoms with Gasteiger partial charge in [0.1, 0.15) is 17.9 Å². The number of nitrogens with zero attached hydrogens (tertiary/aromatic N) is 2. The Morgan fingerprint density at radius 2 is 2.10 bits per heavy atom. The number of piperidine rings is 1. The summed E-state index contributed by atoms with van der Waals surface area (Å²) in [5.41, 5.74) is -0.576. The lowest BCUT2D eigenvalue weighted by atomic mass is 9.98. The molecule has 118 valence electrons. The number of amides is 1. The maximum Gasteiger partial charge on any atom is 0.410 e. The zero-order valence-electron chi connectivity index (χ0n) is 12.9. The van der Waals surface area contributed by atoms with Gasteiger partial charge in [0.05, 0.1) is 13.0 Å². The smallest absolute Gasteiger partial charge is 0.410 e. The number of Topliss-reactive ketones (excluding diaryl/α,β-unsaturated/α-hetero) is 1. The highest BCUT2D eigenvalue weighted by atomic mass is 16.6. The lowest BCUT2D eigenvalue weighted by Gasteiger charge is -2.32. The fourth-order valence-corrected chi connectivity index (χ4v) is 1.80. The van der Waals surface area contributed by atoms with Gasteiger partial charge in [-0.3, -0.25) is 14.6 Å². The second kappa shape index (κ2) is 7.19. The Bertz CT molecular complexity index is 439. The number of ether oxygens (including phenoxy) is 2. The molecule has 1 atom stereocenters. The highest BCUT2D eigenvalue weighted by molar-refractivity contribution is 5.97. The van der Waals surface area contributed by atoms with Crippen LogP contribution >= 0.6 is 0 Å². The van der Waals surface area contributed by atoms with Crippen LogP contribution in [0.25, 0.3) is 0 Å². The zero-order valence-corrected chi connectivity index (χ0v) is 12.9. The summed E-state index contributed by atoms with van der Waals surface area (Å²) in [6.45, 7) is 5.79. The normalized spacial score (nSPS) is 19.7. The minimum absolute atomic E-state index is 0.00317. The highest BCUT2D eigenvalue weighted by Gasteiger charge is 2.31. The first-order valence-electron chi connectivity index (χ1n) is 6.80. The van der Waals surface area contributed by atoms with Crippen molar-refractivity contribution in [3.8, 4) is 0 Å². The zero-order chi connectivity index (χ0) is 16.0. The van der Waals surface area contributed by atoms with Crippen molar-refractivity contribution >= 4 is 24.1 Å². The molecule has 1 aliphatic heterocycles. The SMILES string of the molecule is COC(=O)CN=CC1CN(C(=O)OC(C)(C)C)CCC1=O. The van der Waals surface area contributed by atoms with E-state index in [2.05, 4.69) is 9.73 Å². The molecule has 1 heterocycles. The number of aliphatic imine (C=N–C) groups is 1. The summed E-state index contributed by atoms with van der Waals surface area (Å²) >= 11 is 0. The molecule has 0 aromatic rings. The van der Waals surface area contributed by atoms with E-state index >= 15 is 0 Å². The monoisotopic (exact) mass is 298 g/mol. The predicted molar refractivity (Wildman–Crippen MR) is 76.3 cm³/mol. The lowest BCUT2D eigenvalue weighted by molar-refractivity contribution is -0.138. The lowest BCUT2D eigenvalue weighted by Crippen LogP contribution is -2.46. The third-order valence-corrected chi connectivity index (χ3v) is 2.84. The van der Waals surface area contributed by atoms with Gasteiger partial charge < -0.3 is 14.4 Å². The van der Waals surface area contributed by atoms with Gasteiger partial charge in [0.2, 0.25) is 0 Å². The van der Waals surface area contributed by atoms with Crippen LogP contribution in [0.15, 0.2) is 4.99 Å². The van der Waals surface area contributed by atoms with Gasteiger partial charge in [-0.05, 0) is 20.8 Å². The first kappa shape index (κ1) is 17.1. The van der Waals surface area contributed by atoms with Crippen LogP contribution in [0.5, 0.6) is 0 Å². The summed E-state index contributed by atoms with van der Waals surface area (Å²) in [5, 5.41) is 0. The molecule has 1 rings (SSSR count). The molecule has 1 amide bonds. The van der Waals surface area contributed by atoms with Gasteiger partial charge in [-0.2, -0.15) is 0 Å². The Labute approximate surface area is 124 Å². The number of carbonyl (C=O) groups excluding carboxylic acids is 3. The first-order valence-corrected chi connectivity index (χ1v) is 6.80. The minimum atomic E-state index is -0.576. The molecule has 0 aromatic carbocycles. The van der Waals surface area contributed by atoms with Gasteiger partial charge >= 0.3 is 12.1 Å². The molecule has 1 unspecified atom stereocenters. The van der Waals surface area contributed by atoms with E-state index in [1.54, 1.807) is 20.8 Å². The number of ketones is 1. The molecule has 0 radical (unpaired) electrons. The quantitative estimate of drug-likeness (QED) is 0.574. The highest BCUT2D eigenvalue weighted by Crippen LogP contribution is 2.16. The van der Waals surface area contributed by atoms with Crippen LogP contribution in [-0.2, 0) is 19.1 Å². The molecular weight excluding hydrogens is 276 g/mol. The Hall–Kier alpha value is -1.92. The average Bonchev–Trinajstić information content (AvgIpc) is 2.38. The standard InChI is InChI=1S/C14H22N2O5/c1-14(2,3)21-13(19)16-6-5-11(17)10(9-16)7-15-8-12(18)20-4/h7,10H,5-6,8-9H2,1-4H3. The summed E-state index contributed by atoms with van der Waals surface area (Å²) in [6.07, 6.45) is 1.23. The van der Waals surface area contributed by atoms with E-state index in [0.29, 0.717) is 6.54 Å². The second-order valence-corrected chi connectivity index (χ2v) is 5.82. The number of rotatable bonds is 3. The van der Waals surface area contributed by atoms with Crippen molar-refractivity contribution in [1.82, 2.24) is 4.90 Å². The van der Waals surface area contributed by atoms with E-state index in [-0.39, 0.29) is 25.3 Å². The van der Waals surface area contributed by atoms with E-state index in [1.807, 2.05) is 0 Å². The first-order chi connectivity index (χ1) is 9.73. The van der Waals surface area contributed by atoms with Gasteiger partial charge in [-0.25, -0.2) is 4.79 Å². The Morgan fingerprint density at radius 3 is 2.67 bits per heavy atom. The van der Waals surface area contributed by atoms with E-state index < -0.39 is 23.6 Å². The summed E-state index contributed by atoms with van der Waals surface area (Å²) in [4.78, 5) is 40.1. The Morgan fingerprint density at radius 1 is 1.43 bits per heavy atom. The topological polar surface area (TPSA) is 85.3 Å². The van der Waals surface area contributed by atoms with Crippen molar-refractivity contribution in [2.75, 3.05) is 26.7 Å². The molecule has 7 heteroatoms. The summed E-state index contributed by atoms with van der Waals surface area (Å²) < 4.78 is 9.74. The summed E-state index contributed by atoms with van der Waals surface area (Å²) in [5.74, 6) is -0.974. The number of esters is 1. The van der Waals surface area contributed by atoms with Crippen LogP contribution in [0.3, 0.4) is 0 Å². The van der Waals surface area contributed by atoms with Crippen molar-refractivity contribution in [2.45, 2.75) is 32.8 Å². The van der Waals surface area contributed by atoms with Gasteiger partial charge in [0.25, 0.3) is 0 Å². The molecule has 0 aliphatic carbocycles.